The molecular weight excluding hydrogens is 224 g/mol. The van der Waals surface area contributed by atoms with Gasteiger partial charge in [0.15, 0.2) is 0 Å². The third-order valence-corrected chi connectivity index (χ3v) is 3.02. The zero-order chi connectivity index (χ0) is 12.0. The Labute approximate surface area is 102 Å². The van der Waals surface area contributed by atoms with Crippen LogP contribution in [-0.2, 0) is 6.42 Å². The van der Waals surface area contributed by atoms with E-state index in [1.807, 2.05) is 18.2 Å². The molecule has 0 aliphatic heterocycles. The lowest BCUT2D eigenvalue weighted by atomic mass is 10.00. The molecule has 1 rings (SSSR count). The SMILES string of the molecule is COc1ccc(CCC(CN)CN)cc1Cl. The number of rotatable bonds is 6. The van der Waals surface area contributed by atoms with Crippen LogP contribution >= 0.6 is 11.6 Å². The molecule has 0 amide bonds. The van der Waals surface area contributed by atoms with Crippen molar-refractivity contribution in [3.63, 3.8) is 0 Å². The van der Waals surface area contributed by atoms with Crippen molar-refractivity contribution in [1.82, 2.24) is 0 Å². The van der Waals surface area contributed by atoms with E-state index in [-0.39, 0.29) is 0 Å². The molecule has 0 bridgehead atoms. The van der Waals surface area contributed by atoms with E-state index in [0.717, 1.165) is 12.8 Å². The Morgan fingerprint density at radius 2 is 2.00 bits per heavy atom. The lowest BCUT2D eigenvalue weighted by Crippen LogP contribution is -2.23. The average molecular weight is 243 g/mol. The second kappa shape index (κ2) is 6.74. The summed E-state index contributed by atoms with van der Waals surface area (Å²) in [4.78, 5) is 0. The van der Waals surface area contributed by atoms with Crippen molar-refractivity contribution in [2.75, 3.05) is 20.2 Å². The van der Waals surface area contributed by atoms with Gasteiger partial charge in [0, 0.05) is 0 Å². The van der Waals surface area contributed by atoms with Crippen molar-refractivity contribution in [2.24, 2.45) is 17.4 Å². The molecule has 0 fully saturated rings. The van der Waals surface area contributed by atoms with Gasteiger partial charge in [0.1, 0.15) is 5.75 Å². The fourth-order valence-corrected chi connectivity index (χ4v) is 1.85. The summed E-state index contributed by atoms with van der Waals surface area (Å²) in [5.74, 6) is 1.10. The highest BCUT2D eigenvalue weighted by Gasteiger charge is 2.06. The van der Waals surface area contributed by atoms with Crippen LogP contribution < -0.4 is 16.2 Å². The summed E-state index contributed by atoms with van der Waals surface area (Å²) in [6.07, 6.45) is 1.94. The average Bonchev–Trinajstić information content (AvgIpc) is 2.30. The van der Waals surface area contributed by atoms with Gasteiger partial charge in [-0.15, -0.1) is 0 Å². The molecule has 1 aromatic rings. The van der Waals surface area contributed by atoms with Gasteiger partial charge in [0.2, 0.25) is 0 Å². The summed E-state index contributed by atoms with van der Waals surface area (Å²) >= 11 is 6.04. The van der Waals surface area contributed by atoms with E-state index in [2.05, 4.69) is 0 Å². The highest BCUT2D eigenvalue weighted by molar-refractivity contribution is 6.32. The second-order valence-electron chi connectivity index (χ2n) is 3.85. The number of nitrogens with two attached hydrogens (primary N) is 2. The van der Waals surface area contributed by atoms with Crippen LogP contribution in [-0.4, -0.2) is 20.2 Å². The quantitative estimate of drug-likeness (QED) is 0.800. The number of hydrogen-bond acceptors (Lipinski definition) is 3. The standard InChI is InChI=1S/C12H19ClN2O/c1-16-12-5-4-9(6-11(12)13)2-3-10(7-14)8-15/h4-6,10H,2-3,7-8,14-15H2,1H3. The van der Waals surface area contributed by atoms with E-state index < -0.39 is 0 Å². The zero-order valence-electron chi connectivity index (χ0n) is 9.58. The molecule has 0 heterocycles. The highest BCUT2D eigenvalue weighted by Crippen LogP contribution is 2.25. The number of halogens is 1. The largest absolute Gasteiger partial charge is 0.495 e. The fourth-order valence-electron chi connectivity index (χ4n) is 1.57. The third kappa shape index (κ3) is 3.67. The highest BCUT2D eigenvalue weighted by atomic mass is 35.5. The molecule has 90 valence electrons. The molecule has 0 atom stereocenters. The maximum absolute atomic E-state index is 6.04. The number of methoxy groups -OCH3 is 1. The Kier molecular flexibility index (Phi) is 5.60. The van der Waals surface area contributed by atoms with Gasteiger partial charge in [-0.3, -0.25) is 0 Å². The minimum absolute atomic E-state index is 0.390. The van der Waals surface area contributed by atoms with E-state index in [0.29, 0.717) is 29.8 Å². The van der Waals surface area contributed by atoms with Crippen LogP contribution in [0.1, 0.15) is 12.0 Å². The molecule has 0 saturated heterocycles. The van der Waals surface area contributed by atoms with Gasteiger partial charge in [-0.2, -0.15) is 0 Å². The normalized spacial score (nSPS) is 10.8. The molecule has 0 radical (unpaired) electrons. The molecule has 0 aliphatic rings. The first-order chi connectivity index (χ1) is 7.71. The molecular formula is C12H19ClN2O. The fraction of sp³-hybridized carbons (Fsp3) is 0.500. The summed E-state index contributed by atoms with van der Waals surface area (Å²) in [5.41, 5.74) is 12.4. The van der Waals surface area contributed by atoms with Gasteiger partial charge < -0.3 is 16.2 Å². The first-order valence-corrected chi connectivity index (χ1v) is 5.81. The van der Waals surface area contributed by atoms with Crippen LogP contribution in [0.15, 0.2) is 18.2 Å². The lowest BCUT2D eigenvalue weighted by Gasteiger charge is -2.12. The van der Waals surface area contributed by atoms with Gasteiger partial charge in [0.05, 0.1) is 12.1 Å². The Hall–Kier alpha value is -0.770. The smallest absolute Gasteiger partial charge is 0.137 e. The van der Waals surface area contributed by atoms with Gasteiger partial charge in [-0.05, 0) is 49.5 Å². The molecule has 16 heavy (non-hydrogen) atoms. The maximum Gasteiger partial charge on any atom is 0.137 e. The minimum atomic E-state index is 0.390. The van der Waals surface area contributed by atoms with Crippen LogP contribution in [0.5, 0.6) is 5.75 Å². The van der Waals surface area contributed by atoms with Crippen LogP contribution in [0.4, 0.5) is 0 Å². The molecule has 0 unspecified atom stereocenters. The second-order valence-corrected chi connectivity index (χ2v) is 4.25. The van der Waals surface area contributed by atoms with Crippen molar-refractivity contribution in [3.05, 3.63) is 28.8 Å². The van der Waals surface area contributed by atoms with E-state index in [9.17, 15) is 0 Å². The summed E-state index contributed by atoms with van der Waals surface area (Å²) in [7, 11) is 1.61. The predicted octanol–water partition coefficient (Wildman–Crippen LogP) is 1.81. The number of ether oxygens (including phenoxy) is 1. The van der Waals surface area contributed by atoms with Crippen molar-refractivity contribution >= 4 is 11.6 Å². The Balaban J connectivity index is 2.58. The summed E-state index contributed by atoms with van der Waals surface area (Å²) < 4.78 is 5.10. The van der Waals surface area contributed by atoms with Crippen LogP contribution in [0, 0.1) is 5.92 Å². The van der Waals surface area contributed by atoms with Crippen molar-refractivity contribution in [1.29, 1.82) is 0 Å². The molecule has 0 saturated carbocycles. The lowest BCUT2D eigenvalue weighted by molar-refractivity contribution is 0.414. The first kappa shape index (κ1) is 13.3. The number of hydrogen-bond donors (Lipinski definition) is 2. The summed E-state index contributed by atoms with van der Waals surface area (Å²) in [5, 5.41) is 0.650. The van der Waals surface area contributed by atoms with E-state index in [1.54, 1.807) is 7.11 Å². The molecule has 4 N–H and O–H groups in total. The van der Waals surface area contributed by atoms with E-state index in [4.69, 9.17) is 27.8 Å². The monoisotopic (exact) mass is 242 g/mol. The Bertz CT molecular complexity index is 327. The van der Waals surface area contributed by atoms with Crippen LogP contribution in [0.3, 0.4) is 0 Å². The Morgan fingerprint density at radius 1 is 1.31 bits per heavy atom. The maximum atomic E-state index is 6.04. The zero-order valence-corrected chi connectivity index (χ0v) is 10.3. The number of aryl methyl sites for hydroxylation is 1. The predicted molar refractivity (Wildman–Crippen MR) is 67.9 cm³/mol. The third-order valence-electron chi connectivity index (χ3n) is 2.72. The summed E-state index contributed by atoms with van der Waals surface area (Å²) in [6.45, 7) is 1.28. The molecule has 3 nitrogen and oxygen atoms in total. The summed E-state index contributed by atoms with van der Waals surface area (Å²) in [6, 6.07) is 5.84. The van der Waals surface area contributed by atoms with Gasteiger partial charge in [-0.25, -0.2) is 0 Å². The minimum Gasteiger partial charge on any atom is -0.495 e. The molecule has 0 spiro atoms. The molecule has 4 heteroatoms. The van der Waals surface area contributed by atoms with Gasteiger partial charge >= 0.3 is 0 Å². The number of benzene rings is 1. The van der Waals surface area contributed by atoms with Crippen molar-refractivity contribution < 1.29 is 4.74 Å². The topological polar surface area (TPSA) is 61.3 Å². The van der Waals surface area contributed by atoms with E-state index >= 15 is 0 Å². The molecule has 0 aromatic heterocycles. The van der Waals surface area contributed by atoms with Crippen LogP contribution in [0.25, 0.3) is 0 Å². The first-order valence-electron chi connectivity index (χ1n) is 5.43. The van der Waals surface area contributed by atoms with Crippen molar-refractivity contribution in [3.8, 4) is 5.75 Å². The van der Waals surface area contributed by atoms with Gasteiger partial charge in [0.25, 0.3) is 0 Å². The van der Waals surface area contributed by atoms with Crippen molar-refractivity contribution in [2.45, 2.75) is 12.8 Å². The van der Waals surface area contributed by atoms with E-state index in [1.165, 1.54) is 5.56 Å². The Morgan fingerprint density at radius 3 is 2.50 bits per heavy atom. The van der Waals surface area contributed by atoms with Gasteiger partial charge in [-0.1, -0.05) is 17.7 Å². The molecule has 1 aromatic carbocycles. The molecule has 0 aliphatic carbocycles. The van der Waals surface area contributed by atoms with Crippen LogP contribution in [0.2, 0.25) is 5.02 Å².